The molecule has 2 amide bonds. The molecule has 1 aliphatic heterocycles. The zero-order chi connectivity index (χ0) is 20.5. The molecule has 150 valence electrons. The van der Waals surface area contributed by atoms with Crippen LogP contribution in [-0.2, 0) is 11.8 Å². The van der Waals surface area contributed by atoms with Gasteiger partial charge in [-0.3, -0.25) is 9.59 Å². The standard InChI is InChI=1S/C24H27N3O2/c1-16-11-12-20-19(14-16)22(27-13-7-10-21(27)28)23(26(20)3)24(29)25-15-17(2)18-8-5-4-6-9-18/h4-6,8-9,11-12,14,17H,7,10,13,15H2,1-3H3,(H,25,29). The maximum atomic E-state index is 13.3. The molecule has 1 N–H and O–H groups in total. The molecule has 1 fully saturated rings. The Labute approximate surface area is 171 Å². The molecule has 1 aromatic heterocycles. The van der Waals surface area contributed by atoms with Gasteiger partial charge in [-0.25, -0.2) is 0 Å². The van der Waals surface area contributed by atoms with Crippen molar-refractivity contribution in [2.24, 2.45) is 7.05 Å². The highest BCUT2D eigenvalue weighted by molar-refractivity contribution is 6.14. The molecule has 0 bridgehead atoms. The van der Waals surface area contributed by atoms with Gasteiger partial charge in [0, 0.05) is 31.9 Å². The number of amides is 2. The third-order valence-electron chi connectivity index (χ3n) is 5.82. The fourth-order valence-electron chi connectivity index (χ4n) is 4.19. The molecule has 29 heavy (non-hydrogen) atoms. The highest BCUT2D eigenvalue weighted by Gasteiger charge is 2.31. The van der Waals surface area contributed by atoms with E-state index in [-0.39, 0.29) is 17.7 Å². The molecular formula is C24H27N3O2. The van der Waals surface area contributed by atoms with Crippen LogP contribution in [0.5, 0.6) is 0 Å². The van der Waals surface area contributed by atoms with Gasteiger partial charge in [-0.15, -0.1) is 0 Å². The van der Waals surface area contributed by atoms with Gasteiger partial charge in [0.1, 0.15) is 5.69 Å². The minimum absolute atomic E-state index is 0.0886. The Morgan fingerprint density at radius 2 is 1.93 bits per heavy atom. The number of fused-ring (bicyclic) bond motifs is 1. The maximum absolute atomic E-state index is 13.3. The molecule has 2 aromatic carbocycles. The van der Waals surface area contributed by atoms with E-state index >= 15 is 0 Å². The highest BCUT2D eigenvalue weighted by Crippen LogP contribution is 2.36. The van der Waals surface area contributed by atoms with Crippen molar-refractivity contribution in [3.63, 3.8) is 0 Å². The van der Waals surface area contributed by atoms with Crippen molar-refractivity contribution in [3.05, 3.63) is 65.4 Å². The Bertz CT molecular complexity index is 1070. The maximum Gasteiger partial charge on any atom is 0.270 e. The Balaban J connectivity index is 1.69. The summed E-state index contributed by atoms with van der Waals surface area (Å²) in [5, 5.41) is 4.06. The summed E-state index contributed by atoms with van der Waals surface area (Å²) >= 11 is 0. The lowest BCUT2D eigenvalue weighted by atomic mass is 10.0. The second kappa shape index (κ2) is 7.74. The molecule has 2 heterocycles. The number of hydrogen-bond donors (Lipinski definition) is 1. The topological polar surface area (TPSA) is 54.3 Å². The molecule has 0 radical (unpaired) electrons. The van der Waals surface area contributed by atoms with Crippen molar-refractivity contribution in [1.29, 1.82) is 0 Å². The van der Waals surface area contributed by atoms with E-state index in [0.717, 1.165) is 28.6 Å². The summed E-state index contributed by atoms with van der Waals surface area (Å²) in [6.45, 7) is 5.33. The average molecular weight is 389 g/mol. The summed E-state index contributed by atoms with van der Waals surface area (Å²) in [4.78, 5) is 27.6. The minimum Gasteiger partial charge on any atom is -0.350 e. The lowest BCUT2D eigenvalue weighted by molar-refractivity contribution is -0.117. The fourth-order valence-corrected chi connectivity index (χ4v) is 4.19. The number of hydrogen-bond acceptors (Lipinski definition) is 2. The normalized spacial score (nSPS) is 15.1. The van der Waals surface area contributed by atoms with E-state index in [0.29, 0.717) is 25.2 Å². The van der Waals surface area contributed by atoms with E-state index in [1.807, 2.05) is 48.9 Å². The molecule has 4 rings (SSSR count). The summed E-state index contributed by atoms with van der Waals surface area (Å²) in [7, 11) is 1.90. The average Bonchev–Trinajstić information content (AvgIpc) is 3.26. The van der Waals surface area contributed by atoms with Crippen LogP contribution < -0.4 is 10.2 Å². The first-order valence-electron chi connectivity index (χ1n) is 10.2. The molecule has 3 aromatic rings. The lowest BCUT2D eigenvalue weighted by Gasteiger charge is -2.19. The molecule has 1 atom stereocenters. The van der Waals surface area contributed by atoms with Crippen LogP contribution in [0.15, 0.2) is 48.5 Å². The van der Waals surface area contributed by atoms with E-state index in [1.54, 1.807) is 4.90 Å². The SMILES string of the molecule is Cc1ccc2c(c1)c(N1CCCC1=O)c(C(=O)NCC(C)c1ccccc1)n2C. The van der Waals surface area contributed by atoms with Gasteiger partial charge in [0.2, 0.25) is 5.91 Å². The van der Waals surface area contributed by atoms with Crippen molar-refractivity contribution in [3.8, 4) is 0 Å². The van der Waals surface area contributed by atoms with Gasteiger partial charge in [0.25, 0.3) is 5.91 Å². The van der Waals surface area contributed by atoms with Gasteiger partial charge in [0.05, 0.1) is 11.2 Å². The van der Waals surface area contributed by atoms with Gasteiger partial charge in [0.15, 0.2) is 0 Å². The second-order valence-corrected chi connectivity index (χ2v) is 7.95. The van der Waals surface area contributed by atoms with Crippen LogP contribution in [0.3, 0.4) is 0 Å². The molecule has 0 spiro atoms. The van der Waals surface area contributed by atoms with Crippen molar-refractivity contribution in [2.45, 2.75) is 32.6 Å². The summed E-state index contributed by atoms with van der Waals surface area (Å²) < 4.78 is 1.91. The van der Waals surface area contributed by atoms with Gasteiger partial charge < -0.3 is 14.8 Å². The summed E-state index contributed by atoms with van der Waals surface area (Å²) in [5.74, 6) is 0.151. The number of anilines is 1. The number of rotatable bonds is 5. The van der Waals surface area contributed by atoms with Gasteiger partial charge in [-0.05, 0) is 37.0 Å². The van der Waals surface area contributed by atoms with Gasteiger partial charge in [-0.2, -0.15) is 0 Å². The second-order valence-electron chi connectivity index (χ2n) is 7.95. The first kappa shape index (κ1) is 19.2. The number of carbonyl (C=O) groups excluding carboxylic acids is 2. The number of nitrogens with zero attached hydrogens (tertiary/aromatic N) is 2. The van der Waals surface area contributed by atoms with Crippen LogP contribution >= 0.6 is 0 Å². The zero-order valence-corrected chi connectivity index (χ0v) is 17.2. The fraction of sp³-hybridized carbons (Fsp3) is 0.333. The Hall–Kier alpha value is -3.08. The number of benzene rings is 2. The number of aryl methyl sites for hydroxylation is 2. The van der Waals surface area contributed by atoms with E-state index < -0.39 is 0 Å². The predicted molar refractivity (Wildman–Crippen MR) is 116 cm³/mol. The summed E-state index contributed by atoms with van der Waals surface area (Å²) in [6, 6.07) is 16.3. The zero-order valence-electron chi connectivity index (χ0n) is 17.2. The number of nitrogens with one attached hydrogen (secondary N) is 1. The predicted octanol–water partition coefficient (Wildman–Crippen LogP) is 4.15. The smallest absolute Gasteiger partial charge is 0.270 e. The number of carbonyl (C=O) groups is 2. The summed E-state index contributed by atoms with van der Waals surface area (Å²) in [6.07, 6.45) is 1.36. The molecule has 5 nitrogen and oxygen atoms in total. The third-order valence-corrected chi connectivity index (χ3v) is 5.82. The summed E-state index contributed by atoms with van der Waals surface area (Å²) in [5.41, 5.74) is 4.57. The van der Waals surface area contributed by atoms with Crippen LogP contribution in [0, 0.1) is 6.92 Å². The molecule has 1 unspecified atom stereocenters. The molecular weight excluding hydrogens is 362 g/mol. The van der Waals surface area contributed by atoms with E-state index in [2.05, 4.69) is 30.4 Å². The Morgan fingerprint density at radius 3 is 2.62 bits per heavy atom. The van der Waals surface area contributed by atoms with Gasteiger partial charge >= 0.3 is 0 Å². The van der Waals surface area contributed by atoms with Crippen molar-refractivity contribution < 1.29 is 9.59 Å². The van der Waals surface area contributed by atoms with E-state index in [9.17, 15) is 9.59 Å². The van der Waals surface area contributed by atoms with E-state index in [4.69, 9.17) is 0 Å². The quantitative estimate of drug-likeness (QED) is 0.713. The molecule has 0 aliphatic carbocycles. The first-order chi connectivity index (χ1) is 14.0. The van der Waals surface area contributed by atoms with Crippen LogP contribution in [-0.4, -0.2) is 29.5 Å². The molecule has 5 heteroatoms. The highest BCUT2D eigenvalue weighted by atomic mass is 16.2. The largest absolute Gasteiger partial charge is 0.350 e. The van der Waals surface area contributed by atoms with Crippen LogP contribution in [0.2, 0.25) is 0 Å². The lowest BCUT2D eigenvalue weighted by Crippen LogP contribution is -2.32. The van der Waals surface area contributed by atoms with Gasteiger partial charge in [-0.1, -0.05) is 48.9 Å². The first-order valence-corrected chi connectivity index (χ1v) is 10.2. The van der Waals surface area contributed by atoms with Crippen LogP contribution in [0.25, 0.3) is 10.9 Å². The van der Waals surface area contributed by atoms with Crippen LogP contribution in [0.1, 0.15) is 47.3 Å². The third kappa shape index (κ3) is 3.53. The molecule has 0 saturated carbocycles. The number of aromatic nitrogens is 1. The Morgan fingerprint density at radius 1 is 1.17 bits per heavy atom. The Kier molecular flexibility index (Phi) is 5.14. The van der Waals surface area contributed by atoms with Crippen molar-refractivity contribution in [1.82, 2.24) is 9.88 Å². The monoisotopic (exact) mass is 389 g/mol. The molecule has 1 aliphatic rings. The van der Waals surface area contributed by atoms with Crippen LogP contribution in [0.4, 0.5) is 5.69 Å². The molecule has 1 saturated heterocycles. The van der Waals surface area contributed by atoms with Crippen molar-refractivity contribution >= 4 is 28.4 Å². The minimum atomic E-state index is -0.140. The van der Waals surface area contributed by atoms with E-state index in [1.165, 1.54) is 5.56 Å². The van der Waals surface area contributed by atoms with Crippen molar-refractivity contribution in [2.75, 3.05) is 18.0 Å².